The van der Waals surface area contributed by atoms with Crippen molar-refractivity contribution in [2.24, 2.45) is 0 Å². The summed E-state index contributed by atoms with van der Waals surface area (Å²) in [5.41, 5.74) is 5.28. The Morgan fingerprint density at radius 3 is 2.88 bits per heavy atom. The predicted molar refractivity (Wildman–Crippen MR) is 104 cm³/mol. The summed E-state index contributed by atoms with van der Waals surface area (Å²) in [7, 11) is 1.38. The molecule has 0 spiro atoms. The lowest BCUT2D eigenvalue weighted by Gasteiger charge is -2.06. The van der Waals surface area contributed by atoms with E-state index in [2.05, 4.69) is 16.8 Å². The molecule has 26 heavy (non-hydrogen) atoms. The van der Waals surface area contributed by atoms with Crippen LogP contribution in [-0.4, -0.2) is 22.5 Å². The zero-order valence-electron chi connectivity index (χ0n) is 14.0. The van der Waals surface area contributed by atoms with Crippen molar-refractivity contribution in [3.05, 3.63) is 81.3 Å². The maximum atomic E-state index is 11.9. The molecule has 130 valence electrons. The van der Waals surface area contributed by atoms with E-state index in [9.17, 15) is 4.79 Å². The lowest BCUT2D eigenvalue weighted by Crippen LogP contribution is -2.04. The first-order chi connectivity index (χ1) is 12.7. The third-order valence-corrected chi connectivity index (χ3v) is 5.16. The second-order valence-electron chi connectivity index (χ2n) is 5.86. The summed E-state index contributed by atoms with van der Waals surface area (Å²) in [4.78, 5) is 16.7. The van der Waals surface area contributed by atoms with Crippen molar-refractivity contribution in [2.75, 3.05) is 7.11 Å². The number of pyridine rings is 1. The highest BCUT2D eigenvalue weighted by molar-refractivity contribution is 7.07. The van der Waals surface area contributed by atoms with Gasteiger partial charge in [-0.15, -0.1) is 0 Å². The summed E-state index contributed by atoms with van der Waals surface area (Å²) in [5.74, 6) is -0.369. The van der Waals surface area contributed by atoms with Crippen LogP contribution in [0.5, 0.6) is 0 Å². The largest absolute Gasteiger partial charge is 0.465 e. The van der Waals surface area contributed by atoms with Gasteiger partial charge in [-0.2, -0.15) is 11.3 Å². The van der Waals surface area contributed by atoms with Crippen molar-refractivity contribution in [1.29, 1.82) is 0 Å². The Labute approximate surface area is 159 Å². The summed E-state index contributed by atoms with van der Waals surface area (Å²) < 4.78 is 6.81. The van der Waals surface area contributed by atoms with Gasteiger partial charge in [-0.25, -0.2) is 9.78 Å². The van der Waals surface area contributed by atoms with Gasteiger partial charge in [0.2, 0.25) is 0 Å². The Bertz CT molecular complexity index is 1090. The number of esters is 1. The average Bonchev–Trinajstić information content (AvgIpc) is 3.29. The molecular formula is C20H15ClN2O2S. The van der Waals surface area contributed by atoms with E-state index in [0.717, 1.165) is 22.6 Å². The van der Waals surface area contributed by atoms with Gasteiger partial charge in [-0.05, 0) is 46.7 Å². The van der Waals surface area contributed by atoms with Crippen molar-refractivity contribution in [2.45, 2.75) is 6.42 Å². The molecule has 4 nitrogen and oxygen atoms in total. The van der Waals surface area contributed by atoms with E-state index in [1.807, 2.05) is 34.7 Å². The molecule has 0 unspecified atom stereocenters. The van der Waals surface area contributed by atoms with E-state index in [1.165, 1.54) is 12.7 Å². The van der Waals surface area contributed by atoms with E-state index in [-0.39, 0.29) is 5.97 Å². The van der Waals surface area contributed by atoms with E-state index < -0.39 is 0 Å². The molecule has 0 aliphatic rings. The standard InChI is InChI=1S/C20H15ClN2O2S/c1-25-20(24)15-5-6-18-22-19(14-3-2-4-16(21)10-14)17(23(18)11-15)9-13-7-8-26-12-13/h2-8,10-12H,9H2,1H3. The number of carbonyl (C=O) groups excluding carboxylic acids is 1. The second kappa shape index (κ2) is 6.94. The Balaban J connectivity index is 1.93. The molecule has 6 heteroatoms. The van der Waals surface area contributed by atoms with Gasteiger partial charge in [0.1, 0.15) is 5.65 Å². The first-order valence-electron chi connectivity index (χ1n) is 8.02. The van der Waals surface area contributed by atoms with E-state index >= 15 is 0 Å². The number of thiophene rings is 1. The van der Waals surface area contributed by atoms with Crippen LogP contribution in [0, 0.1) is 0 Å². The Morgan fingerprint density at radius 2 is 2.15 bits per heavy atom. The maximum absolute atomic E-state index is 11.9. The quantitative estimate of drug-likeness (QED) is 0.461. The third-order valence-electron chi connectivity index (χ3n) is 4.19. The van der Waals surface area contributed by atoms with Crippen molar-refractivity contribution in [3.8, 4) is 11.3 Å². The molecule has 0 N–H and O–H groups in total. The number of halogens is 1. The normalized spacial score (nSPS) is 11.0. The molecule has 0 radical (unpaired) electrons. The van der Waals surface area contributed by atoms with Crippen LogP contribution in [0.1, 0.15) is 21.6 Å². The topological polar surface area (TPSA) is 43.6 Å². The molecule has 0 saturated heterocycles. The van der Waals surface area contributed by atoms with Gasteiger partial charge in [0.15, 0.2) is 0 Å². The Hall–Kier alpha value is -2.63. The number of hydrogen-bond donors (Lipinski definition) is 0. The summed E-state index contributed by atoms with van der Waals surface area (Å²) in [6.07, 6.45) is 2.49. The van der Waals surface area contributed by atoms with Crippen LogP contribution in [0.15, 0.2) is 59.4 Å². The van der Waals surface area contributed by atoms with E-state index in [1.54, 1.807) is 23.6 Å². The molecule has 0 aliphatic carbocycles. The first kappa shape index (κ1) is 16.8. The highest BCUT2D eigenvalue weighted by Gasteiger charge is 2.17. The fourth-order valence-corrected chi connectivity index (χ4v) is 3.81. The van der Waals surface area contributed by atoms with Gasteiger partial charge < -0.3 is 9.14 Å². The van der Waals surface area contributed by atoms with Crippen LogP contribution in [0.25, 0.3) is 16.9 Å². The van der Waals surface area contributed by atoms with Gasteiger partial charge in [-0.1, -0.05) is 23.7 Å². The SMILES string of the molecule is COC(=O)c1ccc2nc(-c3cccc(Cl)c3)c(Cc3ccsc3)n2c1. The molecule has 0 fully saturated rings. The molecule has 4 rings (SSSR count). The number of nitrogens with zero attached hydrogens (tertiary/aromatic N) is 2. The number of hydrogen-bond acceptors (Lipinski definition) is 4. The summed E-state index contributed by atoms with van der Waals surface area (Å²) >= 11 is 7.84. The van der Waals surface area contributed by atoms with Gasteiger partial charge in [-0.3, -0.25) is 0 Å². The summed E-state index contributed by atoms with van der Waals surface area (Å²) in [6, 6.07) is 13.3. The second-order valence-corrected chi connectivity index (χ2v) is 7.08. The van der Waals surface area contributed by atoms with Crippen LogP contribution >= 0.6 is 22.9 Å². The van der Waals surface area contributed by atoms with Gasteiger partial charge in [0.25, 0.3) is 0 Å². The minimum atomic E-state index is -0.369. The highest BCUT2D eigenvalue weighted by atomic mass is 35.5. The van der Waals surface area contributed by atoms with Crippen LogP contribution in [-0.2, 0) is 11.2 Å². The van der Waals surface area contributed by atoms with Crippen molar-refractivity contribution in [3.63, 3.8) is 0 Å². The number of ether oxygens (including phenoxy) is 1. The van der Waals surface area contributed by atoms with Crippen molar-refractivity contribution < 1.29 is 9.53 Å². The predicted octanol–water partition coefficient (Wildman–Crippen LogP) is 5.09. The van der Waals surface area contributed by atoms with Crippen LogP contribution in [0.3, 0.4) is 0 Å². The lowest BCUT2D eigenvalue weighted by atomic mass is 10.1. The highest BCUT2D eigenvalue weighted by Crippen LogP contribution is 2.29. The van der Waals surface area contributed by atoms with Crippen LogP contribution in [0.4, 0.5) is 0 Å². The number of imidazole rings is 1. The van der Waals surface area contributed by atoms with Gasteiger partial charge in [0.05, 0.1) is 24.1 Å². The van der Waals surface area contributed by atoms with E-state index in [0.29, 0.717) is 17.0 Å². The third kappa shape index (κ3) is 3.11. The number of fused-ring (bicyclic) bond motifs is 1. The lowest BCUT2D eigenvalue weighted by molar-refractivity contribution is 0.0600. The summed E-state index contributed by atoms with van der Waals surface area (Å²) in [5, 5.41) is 4.83. The van der Waals surface area contributed by atoms with Gasteiger partial charge >= 0.3 is 5.97 Å². The first-order valence-corrected chi connectivity index (χ1v) is 9.34. The fraction of sp³-hybridized carbons (Fsp3) is 0.100. The molecule has 4 aromatic rings. The van der Waals surface area contributed by atoms with Crippen LogP contribution < -0.4 is 0 Å². The minimum absolute atomic E-state index is 0.369. The number of carbonyl (C=O) groups is 1. The molecule has 0 aliphatic heterocycles. The molecule has 3 heterocycles. The Morgan fingerprint density at radius 1 is 1.27 bits per heavy atom. The Kier molecular flexibility index (Phi) is 4.49. The summed E-state index contributed by atoms with van der Waals surface area (Å²) in [6.45, 7) is 0. The molecule has 1 aromatic carbocycles. The molecular weight excluding hydrogens is 368 g/mol. The van der Waals surface area contributed by atoms with Gasteiger partial charge in [0, 0.05) is 23.2 Å². The number of rotatable bonds is 4. The number of benzene rings is 1. The van der Waals surface area contributed by atoms with E-state index in [4.69, 9.17) is 21.3 Å². The van der Waals surface area contributed by atoms with Crippen LogP contribution in [0.2, 0.25) is 5.02 Å². The smallest absolute Gasteiger partial charge is 0.339 e. The zero-order valence-corrected chi connectivity index (χ0v) is 15.6. The molecule has 0 amide bonds. The van der Waals surface area contributed by atoms with Crippen molar-refractivity contribution in [1.82, 2.24) is 9.38 Å². The zero-order chi connectivity index (χ0) is 18.1. The van der Waals surface area contributed by atoms with Crippen molar-refractivity contribution >= 4 is 34.6 Å². The molecule has 0 bridgehead atoms. The molecule has 0 atom stereocenters. The fourth-order valence-electron chi connectivity index (χ4n) is 2.95. The number of methoxy groups -OCH3 is 1. The number of aromatic nitrogens is 2. The monoisotopic (exact) mass is 382 g/mol. The average molecular weight is 383 g/mol. The maximum Gasteiger partial charge on any atom is 0.339 e. The minimum Gasteiger partial charge on any atom is -0.465 e. The molecule has 0 saturated carbocycles. The molecule has 3 aromatic heterocycles.